The van der Waals surface area contributed by atoms with Crippen LogP contribution in [0, 0.1) is 18.8 Å². The summed E-state index contributed by atoms with van der Waals surface area (Å²) in [7, 11) is 1.30. The molecule has 3 rings (SSSR count). The van der Waals surface area contributed by atoms with Crippen molar-refractivity contribution in [1.29, 1.82) is 0 Å². The smallest absolute Gasteiger partial charge is 0.325 e. The van der Waals surface area contributed by atoms with Gasteiger partial charge in [-0.3, -0.25) is 14.4 Å². The monoisotopic (exact) mass is 394 g/mol. The average Bonchev–Trinajstić information content (AvgIpc) is 3.45. The molecule has 0 radical (unpaired) electrons. The van der Waals surface area contributed by atoms with Crippen molar-refractivity contribution < 1.29 is 19.1 Å². The first-order valence-corrected chi connectivity index (χ1v) is 9.70. The van der Waals surface area contributed by atoms with Gasteiger partial charge in [0.05, 0.1) is 7.11 Å². The number of hydrogen-bond acceptors (Lipinski definition) is 4. The minimum absolute atomic E-state index is 0.0200. The van der Waals surface area contributed by atoms with Crippen LogP contribution in [0.5, 0.6) is 0 Å². The highest BCUT2D eigenvalue weighted by Crippen LogP contribution is 2.38. The van der Waals surface area contributed by atoms with Gasteiger partial charge in [-0.05, 0) is 48.6 Å². The molecule has 1 aliphatic carbocycles. The fraction of sp³-hybridized carbons (Fsp3) is 0.348. The summed E-state index contributed by atoms with van der Waals surface area (Å²) in [5.74, 6) is -0.349. The van der Waals surface area contributed by atoms with Crippen LogP contribution in [0.2, 0.25) is 0 Å². The lowest BCUT2D eigenvalue weighted by Gasteiger charge is -2.23. The van der Waals surface area contributed by atoms with E-state index in [2.05, 4.69) is 5.32 Å². The van der Waals surface area contributed by atoms with Crippen molar-refractivity contribution in [3.05, 3.63) is 65.2 Å². The first-order chi connectivity index (χ1) is 13.9. The third kappa shape index (κ3) is 5.22. The van der Waals surface area contributed by atoms with E-state index in [1.54, 1.807) is 24.3 Å². The van der Waals surface area contributed by atoms with Crippen molar-refractivity contribution in [1.82, 2.24) is 4.90 Å². The van der Waals surface area contributed by atoms with Crippen LogP contribution in [0.25, 0.3) is 0 Å². The topological polar surface area (TPSA) is 75.7 Å². The van der Waals surface area contributed by atoms with Gasteiger partial charge in [-0.15, -0.1) is 0 Å². The maximum atomic E-state index is 13.2. The third-order valence-corrected chi connectivity index (χ3v) is 5.28. The number of rotatable bonds is 7. The van der Waals surface area contributed by atoms with Gasteiger partial charge in [0.15, 0.2) is 0 Å². The summed E-state index contributed by atoms with van der Waals surface area (Å²) in [4.78, 5) is 38.7. The van der Waals surface area contributed by atoms with Crippen LogP contribution >= 0.6 is 0 Å². The number of carbonyl (C=O) groups is 3. The predicted molar refractivity (Wildman–Crippen MR) is 110 cm³/mol. The van der Waals surface area contributed by atoms with Crippen molar-refractivity contribution in [3.8, 4) is 0 Å². The molecule has 29 heavy (non-hydrogen) atoms. The normalized spacial score (nSPS) is 17.3. The lowest BCUT2D eigenvalue weighted by molar-refractivity contribution is -0.141. The Hall–Kier alpha value is -3.15. The van der Waals surface area contributed by atoms with E-state index in [0.717, 1.165) is 17.5 Å². The number of ether oxygens (including phenoxy) is 1. The van der Waals surface area contributed by atoms with Crippen LogP contribution in [-0.4, -0.2) is 36.3 Å². The fourth-order valence-electron chi connectivity index (χ4n) is 3.25. The minimum Gasteiger partial charge on any atom is -0.468 e. The molecule has 6 heteroatoms. The van der Waals surface area contributed by atoms with E-state index in [1.807, 2.05) is 38.1 Å². The van der Waals surface area contributed by atoms with Crippen molar-refractivity contribution in [2.24, 2.45) is 11.8 Å². The first kappa shape index (κ1) is 20.6. The van der Waals surface area contributed by atoms with Crippen LogP contribution in [0.15, 0.2) is 48.5 Å². The molecule has 1 N–H and O–H groups in total. The Bertz CT molecular complexity index is 925. The number of methoxy groups -OCH3 is 1. The molecule has 2 aromatic rings. The Labute approximate surface area is 170 Å². The molecule has 2 unspecified atom stereocenters. The van der Waals surface area contributed by atoms with Gasteiger partial charge in [-0.1, -0.05) is 37.3 Å². The number of anilines is 1. The molecule has 1 fully saturated rings. The largest absolute Gasteiger partial charge is 0.468 e. The van der Waals surface area contributed by atoms with Gasteiger partial charge in [0, 0.05) is 23.7 Å². The second-order valence-corrected chi connectivity index (χ2v) is 7.55. The Morgan fingerprint density at radius 2 is 1.86 bits per heavy atom. The Kier molecular flexibility index (Phi) is 6.32. The Morgan fingerprint density at radius 3 is 2.52 bits per heavy atom. The van der Waals surface area contributed by atoms with Crippen LogP contribution in [0.1, 0.15) is 34.8 Å². The first-order valence-electron chi connectivity index (χ1n) is 9.70. The molecule has 2 atom stereocenters. The van der Waals surface area contributed by atoms with Crippen molar-refractivity contribution in [2.45, 2.75) is 26.8 Å². The molecule has 0 heterocycles. The maximum Gasteiger partial charge on any atom is 0.325 e. The summed E-state index contributed by atoms with van der Waals surface area (Å²) in [6.07, 6.45) is 0.897. The highest BCUT2D eigenvalue weighted by Gasteiger charge is 2.39. The van der Waals surface area contributed by atoms with Gasteiger partial charge < -0.3 is 15.0 Å². The molecule has 1 saturated carbocycles. The predicted octanol–water partition coefficient (Wildman–Crippen LogP) is 3.40. The summed E-state index contributed by atoms with van der Waals surface area (Å²) in [6.45, 7) is 4.14. The molecular formula is C23H26N2O4. The molecular weight excluding hydrogens is 368 g/mol. The molecule has 0 spiro atoms. The minimum atomic E-state index is -0.487. The second-order valence-electron chi connectivity index (χ2n) is 7.55. The number of benzene rings is 2. The van der Waals surface area contributed by atoms with E-state index in [0.29, 0.717) is 17.2 Å². The highest BCUT2D eigenvalue weighted by atomic mass is 16.5. The molecule has 152 valence electrons. The SMILES string of the molecule is COC(=O)CN(Cc1ccccc1C)C(=O)c1cccc(NC(=O)C2CC2C)c1. The Morgan fingerprint density at radius 1 is 1.14 bits per heavy atom. The summed E-state index contributed by atoms with van der Waals surface area (Å²) in [6, 6.07) is 14.5. The fourth-order valence-corrected chi connectivity index (χ4v) is 3.25. The lowest BCUT2D eigenvalue weighted by Crippen LogP contribution is -2.36. The van der Waals surface area contributed by atoms with Crippen molar-refractivity contribution >= 4 is 23.5 Å². The number of hydrogen-bond donors (Lipinski definition) is 1. The van der Waals surface area contributed by atoms with Gasteiger partial charge in [0.1, 0.15) is 6.54 Å². The summed E-state index contributed by atoms with van der Waals surface area (Å²) in [5.41, 5.74) is 2.98. The van der Waals surface area contributed by atoms with Crippen LogP contribution in [0.4, 0.5) is 5.69 Å². The van der Waals surface area contributed by atoms with Gasteiger partial charge >= 0.3 is 5.97 Å². The molecule has 0 aliphatic heterocycles. The van der Waals surface area contributed by atoms with Gasteiger partial charge in [0.2, 0.25) is 5.91 Å². The zero-order chi connectivity index (χ0) is 21.0. The molecule has 6 nitrogen and oxygen atoms in total. The number of nitrogens with one attached hydrogen (secondary N) is 1. The standard InChI is InChI=1S/C23H26N2O4/c1-15-7-4-5-8-18(15)13-25(14-21(26)29-3)23(28)17-9-6-10-19(12-17)24-22(27)20-11-16(20)2/h4-10,12,16,20H,11,13-14H2,1-3H3,(H,24,27). The van der Waals surface area contributed by atoms with Crippen molar-refractivity contribution in [3.63, 3.8) is 0 Å². The summed E-state index contributed by atoms with van der Waals surface area (Å²) < 4.78 is 4.76. The second kappa shape index (κ2) is 8.90. The van der Waals surface area contributed by atoms with Crippen LogP contribution in [-0.2, 0) is 20.9 Å². The zero-order valence-corrected chi connectivity index (χ0v) is 17.0. The Balaban J connectivity index is 1.79. The molecule has 2 aromatic carbocycles. The summed E-state index contributed by atoms with van der Waals surface area (Å²) >= 11 is 0. The third-order valence-electron chi connectivity index (χ3n) is 5.28. The van der Waals surface area contributed by atoms with E-state index in [9.17, 15) is 14.4 Å². The van der Waals surface area contributed by atoms with E-state index in [4.69, 9.17) is 4.74 Å². The van der Waals surface area contributed by atoms with Gasteiger partial charge in [0.25, 0.3) is 5.91 Å². The van der Waals surface area contributed by atoms with Crippen LogP contribution < -0.4 is 5.32 Å². The number of nitrogens with zero attached hydrogens (tertiary/aromatic N) is 1. The van der Waals surface area contributed by atoms with E-state index >= 15 is 0 Å². The van der Waals surface area contributed by atoms with Gasteiger partial charge in [-0.25, -0.2) is 0 Å². The van der Waals surface area contributed by atoms with E-state index < -0.39 is 5.97 Å². The maximum absolute atomic E-state index is 13.2. The quantitative estimate of drug-likeness (QED) is 0.731. The van der Waals surface area contributed by atoms with Gasteiger partial charge in [-0.2, -0.15) is 0 Å². The van der Waals surface area contributed by atoms with E-state index in [1.165, 1.54) is 12.0 Å². The zero-order valence-electron chi connectivity index (χ0n) is 17.0. The molecule has 0 saturated heterocycles. The van der Waals surface area contributed by atoms with Crippen molar-refractivity contribution in [2.75, 3.05) is 19.0 Å². The molecule has 0 aromatic heterocycles. The molecule has 1 aliphatic rings. The lowest BCUT2D eigenvalue weighted by atomic mass is 10.1. The average molecular weight is 394 g/mol. The summed E-state index contributed by atoms with van der Waals surface area (Å²) in [5, 5.41) is 2.88. The number of esters is 1. The number of amides is 2. The molecule has 2 amide bonds. The van der Waals surface area contributed by atoms with Crippen LogP contribution in [0.3, 0.4) is 0 Å². The number of carbonyl (C=O) groups excluding carboxylic acids is 3. The highest BCUT2D eigenvalue weighted by molar-refractivity contribution is 5.99. The molecule has 0 bridgehead atoms. The van der Waals surface area contributed by atoms with E-state index in [-0.39, 0.29) is 30.8 Å². The number of aryl methyl sites for hydroxylation is 1.